The summed E-state index contributed by atoms with van der Waals surface area (Å²) in [5, 5.41) is 0. The molecule has 2 aliphatic rings. The molecule has 23 heavy (non-hydrogen) atoms. The van der Waals surface area contributed by atoms with Crippen molar-refractivity contribution in [2.45, 2.75) is 19.3 Å². The summed E-state index contributed by atoms with van der Waals surface area (Å²) in [6, 6.07) is 11.7. The Hall–Kier alpha value is -2.23. The number of fused-ring (bicyclic) bond motifs is 1. The van der Waals surface area contributed by atoms with E-state index in [1.807, 2.05) is 35.4 Å². The molecule has 0 bridgehead atoms. The van der Waals surface area contributed by atoms with E-state index in [1.54, 1.807) is 6.20 Å². The van der Waals surface area contributed by atoms with Gasteiger partial charge in [-0.1, -0.05) is 12.1 Å². The standard InChI is InChI=1S/C19H21N3O/c23-19(18-6-2-4-10-21-18)22-12-15-8-7-14(17(15)13-22)11-16-5-1-3-9-20-16/h1-6,9-10,14-15,17H,7-8,11-13H2/t14-,15-,17-/m1/s1. The third-order valence-corrected chi connectivity index (χ3v) is 5.37. The molecule has 2 fully saturated rings. The first-order valence-electron chi connectivity index (χ1n) is 8.41. The van der Waals surface area contributed by atoms with Gasteiger partial charge in [-0.2, -0.15) is 0 Å². The maximum atomic E-state index is 12.6. The van der Waals surface area contributed by atoms with Gasteiger partial charge in [0.15, 0.2) is 0 Å². The molecule has 3 atom stereocenters. The van der Waals surface area contributed by atoms with E-state index in [1.165, 1.54) is 18.5 Å². The second kappa shape index (κ2) is 6.11. The zero-order valence-electron chi connectivity index (χ0n) is 13.1. The van der Waals surface area contributed by atoms with Crippen molar-refractivity contribution in [3.8, 4) is 0 Å². The van der Waals surface area contributed by atoms with Crippen LogP contribution in [0.4, 0.5) is 0 Å². The fraction of sp³-hybridized carbons (Fsp3) is 0.421. The van der Waals surface area contributed by atoms with Crippen molar-refractivity contribution < 1.29 is 4.79 Å². The highest BCUT2D eigenvalue weighted by Gasteiger charge is 2.44. The molecule has 3 heterocycles. The van der Waals surface area contributed by atoms with Crippen LogP contribution in [0, 0.1) is 17.8 Å². The normalized spacial score (nSPS) is 26.3. The minimum absolute atomic E-state index is 0.0802. The highest BCUT2D eigenvalue weighted by Crippen LogP contribution is 2.43. The van der Waals surface area contributed by atoms with E-state index in [9.17, 15) is 4.79 Å². The SMILES string of the molecule is O=C(c1ccccn1)N1C[C@H]2CC[C@H](Cc3ccccn3)[C@H]2C1. The number of amides is 1. The highest BCUT2D eigenvalue weighted by atomic mass is 16.2. The predicted molar refractivity (Wildman–Crippen MR) is 87.8 cm³/mol. The molecule has 4 rings (SSSR count). The van der Waals surface area contributed by atoms with Gasteiger partial charge in [-0.05, 0) is 61.3 Å². The van der Waals surface area contributed by atoms with Crippen LogP contribution in [-0.2, 0) is 6.42 Å². The summed E-state index contributed by atoms with van der Waals surface area (Å²) in [6.07, 6.45) is 7.08. The lowest BCUT2D eigenvalue weighted by molar-refractivity contribution is 0.0770. The molecule has 1 amide bonds. The van der Waals surface area contributed by atoms with Crippen LogP contribution in [0.15, 0.2) is 48.8 Å². The predicted octanol–water partition coefficient (Wildman–Crippen LogP) is 2.82. The zero-order chi connectivity index (χ0) is 15.6. The van der Waals surface area contributed by atoms with Crippen LogP contribution >= 0.6 is 0 Å². The van der Waals surface area contributed by atoms with Gasteiger partial charge < -0.3 is 4.90 Å². The van der Waals surface area contributed by atoms with Crippen molar-refractivity contribution in [2.24, 2.45) is 17.8 Å². The van der Waals surface area contributed by atoms with Gasteiger partial charge in [-0.25, -0.2) is 0 Å². The van der Waals surface area contributed by atoms with Crippen molar-refractivity contribution in [2.75, 3.05) is 13.1 Å². The smallest absolute Gasteiger partial charge is 0.272 e. The van der Waals surface area contributed by atoms with Gasteiger partial charge >= 0.3 is 0 Å². The van der Waals surface area contributed by atoms with Crippen LogP contribution in [0.2, 0.25) is 0 Å². The summed E-state index contributed by atoms with van der Waals surface area (Å²) in [4.78, 5) is 23.3. The van der Waals surface area contributed by atoms with E-state index >= 15 is 0 Å². The second-order valence-corrected chi connectivity index (χ2v) is 6.71. The summed E-state index contributed by atoms with van der Waals surface area (Å²) < 4.78 is 0. The Morgan fingerprint density at radius 2 is 1.87 bits per heavy atom. The number of carbonyl (C=O) groups is 1. The summed E-state index contributed by atoms with van der Waals surface area (Å²) in [7, 11) is 0. The molecule has 4 nitrogen and oxygen atoms in total. The van der Waals surface area contributed by atoms with Crippen LogP contribution in [0.5, 0.6) is 0 Å². The van der Waals surface area contributed by atoms with E-state index in [0.29, 0.717) is 23.4 Å². The number of hydrogen-bond donors (Lipinski definition) is 0. The zero-order valence-corrected chi connectivity index (χ0v) is 13.1. The molecular weight excluding hydrogens is 286 g/mol. The Labute approximate surface area is 136 Å². The van der Waals surface area contributed by atoms with Crippen LogP contribution in [0.3, 0.4) is 0 Å². The fourth-order valence-corrected chi connectivity index (χ4v) is 4.24. The first-order valence-corrected chi connectivity index (χ1v) is 8.41. The largest absolute Gasteiger partial charge is 0.337 e. The van der Waals surface area contributed by atoms with Gasteiger partial charge in [-0.15, -0.1) is 0 Å². The van der Waals surface area contributed by atoms with Gasteiger partial charge in [0.05, 0.1) is 0 Å². The maximum Gasteiger partial charge on any atom is 0.272 e. The minimum Gasteiger partial charge on any atom is -0.337 e. The third-order valence-electron chi connectivity index (χ3n) is 5.37. The molecule has 0 N–H and O–H groups in total. The average Bonchev–Trinajstić information content (AvgIpc) is 3.18. The van der Waals surface area contributed by atoms with Crippen molar-refractivity contribution in [1.29, 1.82) is 0 Å². The van der Waals surface area contributed by atoms with Gasteiger partial charge in [0.1, 0.15) is 5.69 Å². The third kappa shape index (κ3) is 2.85. The number of pyridine rings is 2. The van der Waals surface area contributed by atoms with Crippen molar-refractivity contribution in [3.05, 3.63) is 60.2 Å². The number of likely N-dealkylation sites (tertiary alicyclic amines) is 1. The maximum absolute atomic E-state index is 12.6. The Morgan fingerprint density at radius 3 is 2.61 bits per heavy atom. The number of carbonyl (C=O) groups excluding carboxylic acids is 1. The number of hydrogen-bond acceptors (Lipinski definition) is 3. The Bertz CT molecular complexity index is 674. The fourth-order valence-electron chi connectivity index (χ4n) is 4.24. The summed E-state index contributed by atoms with van der Waals surface area (Å²) in [5.41, 5.74) is 1.74. The van der Waals surface area contributed by atoms with Crippen molar-refractivity contribution in [1.82, 2.24) is 14.9 Å². The van der Waals surface area contributed by atoms with Crippen molar-refractivity contribution >= 4 is 5.91 Å². The Kier molecular flexibility index (Phi) is 3.82. The summed E-state index contributed by atoms with van der Waals surface area (Å²) in [5.74, 6) is 1.99. The van der Waals surface area contributed by atoms with E-state index in [0.717, 1.165) is 19.5 Å². The molecule has 0 aromatic carbocycles. The molecule has 1 saturated carbocycles. The van der Waals surface area contributed by atoms with Gasteiger partial charge in [0, 0.05) is 31.2 Å². The molecule has 118 valence electrons. The molecular formula is C19H21N3O. The summed E-state index contributed by atoms with van der Waals surface area (Å²) >= 11 is 0. The molecule has 0 spiro atoms. The molecule has 4 heteroatoms. The molecule has 1 saturated heterocycles. The van der Waals surface area contributed by atoms with Crippen LogP contribution in [0.1, 0.15) is 29.0 Å². The topological polar surface area (TPSA) is 46.1 Å². The van der Waals surface area contributed by atoms with Gasteiger partial charge in [0.2, 0.25) is 0 Å². The molecule has 1 aliphatic heterocycles. The van der Waals surface area contributed by atoms with Gasteiger partial charge in [0.25, 0.3) is 5.91 Å². The molecule has 0 radical (unpaired) electrons. The quantitative estimate of drug-likeness (QED) is 0.876. The number of aromatic nitrogens is 2. The highest BCUT2D eigenvalue weighted by molar-refractivity contribution is 5.92. The minimum atomic E-state index is 0.0802. The first-order chi connectivity index (χ1) is 11.3. The van der Waals surface area contributed by atoms with Crippen LogP contribution in [-0.4, -0.2) is 33.9 Å². The first kappa shape index (κ1) is 14.4. The average molecular weight is 307 g/mol. The second-order valence-electron chi connectivity index (χ2n) is 6.71. The number of nitrogens with zero attached hydrogens (tertiary/aromatic N) is 3. The van der Waals surface area contributed by atoms with E-state index in [-0.39, 0.29) is 5.91 Å². The van der Waals surface area contributed by atoms with E-state index in [2.05, 4.69) is 22.1 Å². The lowest BCUT2D eigenvalue weighted by Crippen LogP contribution is -2.31. The molecule has 2 aromatic heterocycles. The lowest BCUT2D eigenvalue weighted by atomic mass is 9.89. The van der Waals surface area contributed by atoms with Crippen LogP contribution in [0.25, 0.3) is 0 Å². The Morgan fingerprint density at radius 1 is 1.04 bits per heavy atom. The molecule has 0 unspecified atom stereocenters. The van der Waals surface area contributed by atoms with E-state index < -0.39 is 0 Å². The van der Waals surface area contributed by atoms with Crippen LogP contribution < -0.4 is 0 Å². The lowest BCUT2D eigenvalue weighted by Gasteiger charge is -2.20. The Balaban J connectivity index is 1.44. The van der Waals surface area contributed by atoms with Crippen molar-refractivity contribution in [3.63, 3.8) is 0 Å². The monoisotopic (exact) mass is 307 g/mol. The molecule has 2 aromatic rings. The van der Waals surface area contributed by atoms with Gasteiger partial charge in [-0.3, -0.25) is 14.8 Å². The molecule has 1 aliphatic carbocycles. The van der Waals surface area contributed by atoms with E-state index in [4.69, 9.17) is 0 Å². The number of rotatable bonds is 3. The summed E-state index contributed by atoms with van der Waals surface area (Å²) in [6.45, 7) is 1.76.